The van der Waals surface area contributed by atoms with Crippen molar-refractivity contribution in [3.05, 3.63) is 59.7 Å². The number of phenols is 2. The molecular formula is C24H28O10. The molecule has 0 bridgehead atoms. The largest absolute Gasteiger partial charge is 0.508 e. The molecule has 0 saturated carbocycles. The van der Waals surface area contributed by atoms with E-state index in [0.29, 0.717) is 12.0 Å². The van der Waals surface area contributed by atoms with E-state index >= 15 is 0 Å². The summed E-state index contributed by atoms with van der Waals surface area (Å²) < 4.78 is 21.2. The van der Waals surface area contributed by atoms with Gasteiger partial charge in [-0.15, -0.1) is 0 Å². The van der Waals surface area contributed by atoms with Gasteiger partial charge in [-0.3, -0.25) is 0 Å². The van der Waals surface area contributed by atoms with Crippen molar-refractivity contribution in [2.75, 3.05) is 20.3 Å². The van der Waals surface area contributed by atoms with Crippen LogP contribution in [0.25, 0.3) is 6.08 Å². The third-order valence-electron chi connectivity index (χ3n) is 5.28. The van der Waals surface area contributed by atoms with E-state index in [9.17, 15) is 30.3 Å². The second kappa shape index (κ2) is 11.8. The first-order valence-corrected chi connectivity index (χ1v) is 10.6. The van der Waals surface area contributed by atoms with E-state index in [4.69, 9.17) is 18.9 Å². The molecule has 10 nitrogen and oxygen atoms in total. The molecule has 5 unspecified atom stereocenters. The van der Waals surface area contributed by atoms with Crippen LogP contribution in [0.15, 0.2) is 48.5 Å². The molecule has 0 radical (unpaired) electrons. The van der Waals surface area contributed by atoms with Crippen molar-refractivity contribution < 1.29 is 49.3 Å². The van der Waals surface area contributed by atoms with Crippen LogP contribution in [-0.4, -0.2) is 82.5 Å². The molecule has 5 N–H and O–H groups in total. The first-order chi connectivity index (χ1) is 16.3. The van der Waals surface area contributed by atoms with Gasteiger partial charge in [0.15, 0.2) is 17.8 Å². The summed E-state index contributed by atoms with van der Waals surface area (Å²) in [5.74, 6) is -0.374. The van der Waals surface area contributed by atoms with Crippen molar-refractivity contribution in [3.8, 4) is 17.2 Å². The highest BCUT2D eigenvalue weighted by atomic mass is 16.7. The number of carbonyl (C=O) groups is 1. The SMILES string of the molecule is COc1cc(C=CC(=O)OCC2OC(OCCc3ccc(O)cc3)C(O)C(O)C2O)ccc1O. The molecule has 0 aromatic heterocycles. The van der Waals surface area contributed by atoms with Crippen LogP contribution in [0.3, 0.4) is 0 Å². The van der Waals surface area contributed by atoms with Gasteiger partial charge < -0.3 is 44.5 Å². The van der Waals surface area contributed by atoms with Gasteiger partial charge in [0.1, 0.15) is 36.8 Å². The Morgan fingerprint density at radius 2 is 1.76 bits per heavy atom. The monoisotopic (exact) mass is 476 g/mol. The number of methoxy groups -OCH3 is 1. The summed E-state index contributed by atoms with van der Waals surface area (Å²) in [6.45, 7) is -0.245. The van der Waals surface area contributed by atoms with Gasteiger partial charge in [0.2, 0.25) is 0 Å². The van der Waals surface area contributed by atoms with Crippen LogP contribution in [-0.2, 0) is 25.4 Å². The van der Waals surface area contributed by atoms with Crippen molar-refractivity contribution >= 4 is 12.0 Å². The van der Waals surface area contributed by atoms with Crippen LogP contribution in [0.2, 0.25) is 0 Å². The molecule has 0 aliphatic carbocycles. The van der Waals surface area contributed by atoms with Crippen LogP contribution >= 0.6 is 0 Å². The third kappa shape index (κ3) is 6.69. The summed E-state index contributed by atoms with van der Waals surface area (Å²) in [5, 5.41) is 49.5. The fourth-order valence-corrected chi connectivity index (χ4v) is 3.32. The molecule has 0 spiro atoms. The highest BCUT2D eigenvalue weighted by Gasteiger charge is 2.44. The molecule has 1 fully saturated rings. The molecule has 2 aromatic rings. The van der Waals surface area contributed by atoms with Gasteiger partial charge in [0.25, 0.3) is 0 Å². The minimum atomic E-state index is -1.56. The van der Waals surface area contributed by atoms with Crippen molar-refractivity contribution in [1.82, 2.24) is 0 Å². The number of aliphatic hydroxyl groups is 3. The normalized spacial score (nSPS) is 24.8. The minimum Gasteiger partial charge on any atom is -0.508 e. The number of aliphatic hydroxyl groups excluding tert-OH is 3. The van der Waals surface area contributed by atoms with Gasteiger partial charge >= 0.3 is 5.97 Å². The van der Waals surface area contributed by atoms with Crippen LogP contribution in [0.5, 0.6) is 17.2 Å². The molecular weight excluding hydrogens is 448 g/mol. The summed E-state index contributed by atoms with van der Waals surface area (Å²) in [6.07, 6.45) is -3.85. The topological polar surface area (TPSA) is 155 Å². The van der Waals surface area contributed by atoms with Crippen molar-refractivity contribution in [1.29, 1.82) is 0 Å². The average Bonchev–Trinajstić information content (AvgIpc) is 2.84. The molecule has 1 saturated heterocycles. The van der Waals surface area contributed by atoms with E-state index in [1.165, 1.54) is 25.3 Å². The van der Waals surface area contributed by atoms with Crippen molar-refractivity contribution in [3.63, 3.8) is 0 Å². The summed E-state index contributed by atoms with van der Waals surface area (Å²) in [6, 6.07) is 11.1. The molecule has 3 rings (SSSR count). The molecule has 184 valence electrons. The Morgan fingerprint density at radius 3 is 2.47 bits per heavy atom. The lowest BCUT2D eigenvalue weighted by Gasteiger charge is -2.39. The van der Waals surface area contributed by atoms with E-state index in [0.717, 1.165) is 11.6 Å². The summed E-state index contributed by atoms with van der Waals surface area (Å²) in [5.41, 5.74) is 1.47. The van der Waals surface area contributed by atoms with Crippen LogP contribution in [0, 0.1) is 0 Å². The maximum Gasteiger partial charge on any atom is 0.330 e. The molecule has 34 heavy (non-hydrogen) atoms. The Bertz CT molecular complexity index is 974. The highest BCUT2D eigenvalue weighted by Crippen LogP contribution is 2.27. The maximum atomic E-state index is 12.1. The van der Waals surface area contributed by atoms with Crippen molar-refractivity contribution in [2.24, 2.45) is 0 Å². The Labute approximate surface area is 196 Å². The number of benzene rings is 2. The van der Waals surface area contributed by atoms with Gasteiger partial charge in [0, 0.05) is 6.08 Å². The summed E-state index contributed by atoms with van der Waals surface area (Å²) in [4.78, 5) is 12.1. The third-order valence-corrected chi connectivity index (χ3v) is 5.28. The van der Waals surface area contributed by atoms with E-state index in [1.807, 2.05) is 0 Å². The summed E-state index contributed by atoms with van der Waals surface area (Å²) in [7, 11) is 1.40. The molecule has 5 atom stereocenters. The van der Waals surface area contributed by atoms with Gasteiger partial charge in [-0.25, -0.2) is 4.79 Å². The van der Waals surface area contributed by atoms with E-state index in [-0.39, 0.29) is 30.5 Å². The number of aromatic hydroxyl groups is 2. The highest BCUT2D eigenvalue weighted by molar-refractivity contribution is 5.87. The molecule has 1 heterocycles. The Hall–Kier alpha value is -3.15. The quantitative estimate of drug-likeness (QED) is 0.258. The predicted molar refractivity (Wildman–Crippen MR) is 119 cm³/mol. The predicted octanol–water partition coefficient (Wildman–Crippen LogP) is 0.730. The van der Waals surface area contributed by atoms with Crippen LogP contribution < -0.4 is 4.74 Å². The molecule has 1 aliphatic heterocycles. The number of carbonyl (C=O) groups excluding carboxylic acids is 1. The Kier molecular flexibility index (Phi) is 8.85. The van der Waals surface area contributed by atoms with E-state index in [1.54, 1.807) is 30.3 Å². The average molecular weight is 476 g/mol. The van der Waals surface area contributed by atoms with Crippen LogP contribution in [0.1, 0.15) is 11.1 Å². The number of ether oxygens (including phenoxy) is 4. The number of hydrogen-bond acceptors (Lipinski definition) is 10. The van der Waals surface area contributed by atoms with Gasteiger partial charge in [-0.05, 0) is 47.9 Å². The van der Waals surface area contributed by atoms with E-state index < -0.39 is 36.7 Å². The number of esters is 1. The molecule has 2 aromatic carbocycles. The molecule has 0 amide bonds. The second-order valence-electron chi connectivity index (χ2n) is 7.70. The number of phenolic OH excluding ortho intramolecular Hbond substituents is 2. The van der Waals surface area contributed by atoms with E-state index in [2.05, 4.69) is 0 Å². The fourth-order valence-electron chi connectivity index (χ4n) is 3.32. The molecule has 1 aliphatic rings. The van der Waals surface area contributed by atoms with Crippen molar-refractivity contribution in [2.45, 2.75) is 37.1 Å². The fraction of sp³-hybridized carbons (Fsp3) is 0.375. The zero-order chi connectivity index (χ0) is 24.7. The molecule has 10 heteroatoms. The van der Waals surface area contributed by atoms with Crippen LogP contribution in [0.4, 0.5) is 0 Å². The van der Waals surface area contributed by atoms with Gasteiger partial charge in [-0.2, -0.15) is 0 Å². The lowest BCUT2D eigenvalue weighted by Crippen LogP contribution is -2.59. The maximum absolute atomic E-state index is 12.1. The smallest absolute Gasteiger partial charge is 0.330 e. The van der Waals surface area contributed by atoms with Gasteiger partial charge in [0.05, 0.1) is 13.7 Å². The Morgan fingerprint density at radius 1 is 1.03 bits per heavy atom. The first-order valence-electron chi connectivity index (χ1n) is 10.6. The lowest BCUT2D eigenvalue weighted by atomic mass is 9.99. The minimum absolute atomic E-state index is 0.0359. The standard InChI is InChI=1S/C24H28O10/c1-31-18-12-15(4-8-17(18)26)5-9-20(27)33-13-19-21(28)22(29)23(30)24(34-19)32-11-10-14-2-6-16(25)7-3-14/h2-9,12,19,21-26,28-30H,10-11,13H2,1H3. The number of hydrogen-bond donors (Lipinski definition) is 5. The number of rotatable bonds is 9. The lowest BCUT2D eigenvalue weighted by molar-refractivity contribution is -0.301. The zero-order valence-electron chi connectivity index (χ0n) is 18.5. The Balaban J connectivity index is 1.51. The second-order valence-corrected chi connectivity index (χ2v) is 7.70. The summed E-state index contributed by atoms with van der Waals surface area (Å²) >= 11 is 0. The first kappa shape index (κ1) is 25.5. The van der Waals surface area contributed by atoms with Gasteiger partial charge in [-0.1, -0.05) is 18.2 Å². The zero-order valence-corrected chi connectivity index (χ0v) is 18.5.